The van der Waals surface area contributed by atoms with Crippen LogP contribution in [0.5, 0.6) is 0 Å². The first-order valence-corrected chi connectivity index (χ1v) is 6.20. The van der Waals surface area contributed by atoms with Gasteiger partial charge in [-0.1, -0.05) is 37.2 Å². The fourth-order valence-corrected chi connectivity index (χ4v) is 2.44. The van der Waals surface area contributed by atoms with E-state index in [1.807, 2.05) is 6.07 Å². The van der Waals surface area contributed by atoms with Crippen LogP contribution in [0.3, 0.4) is 0 Å². The number of nitrogens with zero attached hydrogens (tertiary/aromatic N) is 2. The van der Waals surface area contributed by atoms with Crippen LogP contribution in [-0.4, -0.2) is 28.4 Å². The highest BCUT2D eigenvalue weighted by Crippen LogP contribution is 2.28. The number of ether oxygens (including phenoxy) is 1. The second kappa shape index (κ2) is 4.68. The largest absolute Gasteiger partial charge is 0.379 e. The standard InChI is InChI=1S/C10H13ClN2OS/c1-6(2)10-12-8(11)3-9(13-10)15-7-4-14-5-7/h3,6-7H,4-5H2,1-2H3. The summed E-state index contributed by atoms with van der Waals surface area (Å²) in [7, 11) is 0. The van der Waals surface area contributed by atoms with Crippen molar-refractivity contribution in [3.63, 3.8) is 0 Å². The van der Waals surface area contributed by atoms with E-state index in [0.29, 0.717) is 16.3 Å². The first kappa shape index (κ1) is 11.2. The number of hydrogen-bond acceptors (Lipinski definition) is 4. The topological polar surface area (TPSA) is 35.0 Å². The van der Waals surface area contributed by atoms with Gasteiger partial charge < -0.3 is 4.74 Å². The molecule has 5 heteroatoms. The maximum atomic E-state index is 5.94. The zero-order chi connectivity index (χ0) is 10.8. The minimum absolute atomic E-state index is 0.306. The molecule has 0 saturated carbocycles. The highest BCUT2D eigenvalue weighted by molar-refractivity contribution is 8.00. The lowest BCUT2D eigenvalue weighted by molar-refractivity contribution is 0.0454. The zero-order valence-electron chi connectivity index (χ0n) is 8.74. The summed E-state index contributed by atoms with van der Waals surface area (Å²) in [4.78, 5) is 8.66. The van der Waals surface area contributed by atoms with Crippen LogP contribution in [-0.2, 0) is 4.74 Å². The van der Waals surface area contributed by atoms with Gasteiger partial charge in [0.15, 0.2) is 0 Å². The number of halogens is 1. The molecular formula is C10H13ClN2OS. The predicted molar refractivity (Wildman–Crippen MR) is 61.6 cm³/mol. The second-order valence-electron chi connectivity index (χ2n) is 3.82. The van der Waals surface area contributed by atoms with Crippen molar-refractivity contribution in [2.45, 2.75) is 30.0 Å². The molecule has 0 aliphatic carbocycles. The van der Waals surface area contributed by atoms with Crippen LogP contribution in [0.4, 0.5) is 0 Å². The molecule has 0 N–H and O–H groups in total. The van der Waals surface area contributed by atoms with Crippen LogP contribution in [0, 0.1) is 0 Å². The molecule has 1 aromatic heterocycles. The SMILES string of the molecule is CC(C)c1nc(Cl)cc(SC2COC2)n1. The van der Waals surface area contributed by atoms with Crippen LogP contribution in [0.15, 0.2) is 11.1 Å². The van der Waals surface area contributed by atoms with E-state index in [4.69, 9.17) is 16.3 Å². The Kier molecular flexibility index (Phi) is 3.49. The minimum Gasteiger partial charge on any atom is -0.379 e. The zero-order valence-corrected chi connectivity index (χ0v) is 10.3. The van der Waals surface area contributed by atoms with Gasteiger partial charge in [-0.05, 0) is 0 Å². The van der Waals surface area contributed by atoms with Crippen LogP contribution in [0.25, 0.3) is 0 Å². The van der Waals surface area contributed by atoms with E-state index in [9.17, 15) is 0 Å². The Hall–Kier alpha value is -0.320. The van der Waals surface area contributed by atoms with Crippen molar-refractivity contribution < 1.29 is 4.74 Å². The van der Waals surface area contributed by atoms with Gasteiger partial charge >= 0.3 is 0 Å². The van der Waals surface area contributed by atoms with Crippen molar-refractivity contribution >= 4 is 23.4 Å². The van der Waals surface area contributed by atoms with E-state index in [-0.39, 0.29) is 0 Å². The van der Waals surface area contributed by atoms with Crippen molar-refractivity contribution in [3.05, 3.63) is 17.0 Å². The molecule has 82 valence electrons. The molecule has 0 bridgehead atoms. The summed E-state index contributed by atoms with van der Waals surface area (Å²) in [6.45, 7) is 5.74. The Balaban J connectivity index is 2.15. The molecule has 1 aromatic rings. The van der Waals surface area contributed by atoms with Gasteiger partial charge in [-0.3, -0.25) is 0 Å². The molecule has 1 aliphatic rings. The number of hydrogen-bond donors (Lipinski definition) is 0. The summed E-state index contributed by atoms with van der Waals surface area (Å²) < 4.78 is 5.12. The summed E-state index contributed by atoms with van der Waals surface area (Å²) >= 11 is 7.66. The Morgan fingerprint density at radius 1 is 1.47 bits per heavy atom. The van der Waals surface area contributed by atoms with E-state index in [2.05, 4.69) is 23.8 Å². The van der Waals surface area contributed by atoms with Crippen LogP contribution in [0.2, 0.25) is 5.15 Å². The second-order valence-corrected chi connectivity index (χ2v) is 5.53. The molecule has 0 radical (unpaired) electrons. The van der Waals surface area contributed by atoms with Gasteiger partial charge in [-0.15, -0.1) is 0 Å². The van der Waals surface area contributed by atoms with Gasteiger partial charge in [0.05, 0.1) is 18.5 Å². The molecule has 3 nitrogen and oxygen atoms in total. The van der Waals surface area contributed by atoms with Crippen molar-refractivity contribution in [1.82, 2.24) is 9.97 Å². The summed E-state index contributed by atoms with van der Waals surface area (Å²) in [5, 5.41) is 2.00. The predicted octanol–water partition coefficient (Wildman–Crippen LogP) is 2.74. The third-order valence-electron chi connectivity index (χ3n) is 2.10. The first-order chi connectivity index (χ1) is 7.15. The van der Waals surface area contributed by atoms with Crippen molar-refractivity contribution in [2.24, 2.45) is 0 Å². The van der Waals surface area contributed by atoms with E-state index < -0.39 is 0 Å². The minimum atomic E-state index is 0.306. The fourth-order valence-electron chi connectivity index (χ4n) is 1.19. The molecule has 0 aromatic carbocycles. The summed E-state index contributed by atoms with van der Waals surface area (Å²) in [5.74, 6) is 1.12. The number of rotatable bonds is 3. The normalized spacial score (nSPS) is 16.8. The fraction of sp³-hybridized carbons (Fsp3) is 0.600. The Morgan fingerprint density at radius 3 is 2.73 bits per heavy atom. The summed E-state index contributed by atoms with van der Waals surface area (Å²) in [5.41, 5.74) is 0. The van der Waals surface area contributed by atoms with Gasteiger partial charge in [0.25, 0.3) is 0 Å². The molecule has 0 amide bonds. The Bertz CT molecular complexity index is 355. The molecule has 1 fully saturated rings. The van der Waals surface area contributed by atoms with Crippen molar-refractivity contribution in [2.75, 3.05) is 13.2 Å². The maximum Gasteiger partial charge on any atom is 0.133 e. The van der Waals surface area contributed by atoms with Gasteiger partial charge in [0.1, 0.15) is 16.0 Å². The van der Waals surface area contributed by atoms with Gasteiger partial charge in [-0.25, -0.2) is 9.97 Å². The van der Waals surface area contributed by atoms with Gasteiger partial charge in [-0.2, -0.15) is 0 Å². The quantitative estimate of drug-likeness (QED) is 0.766. The molecule has 0 atom stereocenters. The van der Waals surface area contributed by atoms with Gasteiger partial charge in [0, 0.05) is 12.0 Å². The lowest BCUT2D eigenvalue weighted by Gasteiger charge is -2.24. The third kappa shape index (κ3) is 2.83. The Morgan fingerprint density at radius 2 is 2.20 bits per heavy atom. The first-order valence-electron chi connectivity index (χ1n) is 4.94. The molecule has 0 unspecified atom stereocenters. The van der Waals surface area contributed by atoms with Crippen LogP contribution in [0.1, 0.15) is 25.6 Å². The van der Waals surface area contributed by atoms with Gasteiger partial charge in [0.2, 0.25) is 0 Å². The van der Waals surface area contributed by atoms with Crippen molar-refractivity contribution in [1.29, 1.82) is 0 Å². The monoisotopic (exact) mass is 244 g/mol. The maximum absolute atomic E-state index is 5.94. The summed E-state index contributed by atoms with van der Waals surface area (Å²) in [6, 6.07) is 1.82. The van der Waals surface area contributed by atoms with E-state index in [0.717, 1.165) is 24.1 Å². The van der Waals surface area contributed by atoms with Crippen LogP contribution < -0.4 is 0 Å². The molecular weight excluding hydrogens is 232 g/mol. The highest BCUT2D eigenvalue weighted by atomic mass is 35.5. The molecule has 2 rings (SSSR count). The molecule has 15 heavy (non-hydrogen) atoms. The lowest BCUT2D eigenvalue weighted by atomic mass is 10.2. The smallest absolute Gasteiger partial charge is 0.133 e. The molecule has 2 heterocycles. The lowest BCUT2D eigenvalue weighted by Crippen LogP contribution is -2.30. The third-order valence-corrected chi connectivity index (χ3v) is 3.35. The molecule has 1 saturated heterocycles. The number of thioether (sulfide) groups is 1. The molecule has 0 spiro atoms. The summed E-state index contributed by atoms with van der Waals surface area (Å²) in [6.07, 6.45) is 0. The average molecular weight is 245 g/mol. The molecule has 1 aliphatic heterocycles. The average Bonchev–Trinajstić information content (AvgIpc) is 2.10. The van der Waals surface area contributed by atoms with Crippen LogP contribution >= 0.6 is 23.4 Å². The Labute approximate surface area is 98.6 Å². The van der Waals surface area contributed by atoms with E-state index in [1.54, 1.807) is 11.8 Å². The van der Waals surface area contributed by atoms with E-state index >= 15 is 0 Å². The van der Waals surface area contributed by atoms with Crippen molar-refractivity contribution in [3.8, 4) is 0 Å². The number of aromatic nitrogens is 2. The highest BCUT2D eigenvalue weighted by Gasteiger charge is 2.21. The van der Waals surface area contributed by atoms with E-state index in [1.165, 1.54) is 0 Å².